The van der Waals surface area contributed by atoms with Crippen LogP contribution >= 0.6 is 0 Å². The fraction of sp³-hybridized carbons (Fsp3) is 0.774. The van der Waals surface area contributed by atoms with Crippen molar-refractivity contribution in [3.63, 3.8) is 0 Å². The zero-order valence-corrected chi connectivity index (χ0v) is 22.3. The van der Waals surface area contributed by atoms with Gasteiger partial charge in [0.25, 0.3) is 0 Å². The minimum atomic E-state index is -0.325. The monoisotopic (exact) mass is 493 g/mol. The van der Waals surface area contributed by atoms with E-state index in [1.165, 1.54) is 43.2 Å². The average molecular weight is 494 g/mol. The van der Waals surface area contributed by atoms with Gasteiger partial charge in [0.15, 0.2) is 5.79 Å². The van der Waals surface area contributed by atoms with Gasteiger partial charge in [-0.25, -0.2) is 4.79 Å². The molecule has 2 saturated carbocycles. The highest BCUT2D eigenvalue weighted by Crippen LogP contribution is 2.69. The van der Waals surface area contributed by atoms with Gasteiger partial charge in [0.05, 0.1) is 12.7 Å². The van der Waals surface area contributed by atoms with E-state index in [-0.39, 0.29) is 11.9 Å². The van der Waals surface area contributed by atoms with Crippen LogP contribution in [0.3, 0.4) is 0 Å². The van der Waals surface area contributed by atoms with Crippen molar-refractivity contribution in [2.45, 2.75) is 96.4 Å². The number of hydrogen-bond acceptors (Lipinski definition) is 4. The second-order valence-corrected chi connectivity index (χ2v) is 13.4. The molecule has 1 aromatic rings. The number of rotatable bonds is 1. The lowest BCUT2D eigenvalue weighted by atomic mass is 9.53. The molecule has 5 heteroatoms. The van der Waals surface area contributed by atoms with E-state index in [0.29, 0.717) is 35.2 Å². The van der Waals surface area contributed by atoms with Crippen molar-refractivity contribution >= 4 is 6.09 Å². The maximum atomic E-state index is 12.5. The topological polar surface area (TPSA) is 48.0 Å². The number of benzene rings is 1. The summed E-state index contributed by atoms with van der Waals surface area (Å²) in [5, 5.41) is 0. The third kappa shape index (κ3) is 3.44. The van der Waals surface area contributed by atoms with E-state index in [1.54, 1.807) is 0 Å². The van der Waals surface area contributed by atoms with Crippen LogP contribution in [-0.2, 0) is 15.9 Å². The van der Waals surface area contributed by atoms with Gasteiger partial charge < -0.3 is 19.1 Å². The number of carbonyl (C=O) groups is 1. The fourth-order valence-electron chi connectivity index (χ4n) is 9.70. The van der Waals surface area contributed by atoms with Crippen molar-refractivity contribution in [2.75, 3.05) is 19.7 Å². The molecule has 3 saturated heterocycles. The number of hydrogen-bond donors (Lipinski definition) is 0. The van der Waals surface area contributed by atoms with Gasteiger partial charge in [-0.2, -0.15) is 0 Å². The number of nitrogens with zero attached hydrogens (tertiary/aromatic N) is 1. The Morgan fingerprint density at radius 2 is 1.94 bits per heavy atom. The van der Waals surface area contributed by atoms with Crippen LogP contribution in [0.5, 0.6) is 5.75 Å². The molecule has 0 N–H and O–H groups in total. The molecule has 6 aliphatic rings. The predicted molar refractivity (Wildman–Crippen MR) is 138 cm³/mol. The summed E-state index contributed by atoms with van der Waals surface area (Å²) in [5.41, 5.74) is 3.27. The SMILES string of the molecule is C[C@@H]1CC[C@@]2(OC1)O[C@H]1C[C@H]3[C@@H]4CCc5cc(OC(=O)N6CCCC6)ccc5[C@H]4CC[C@]3(C)[C@H]1[C@@H]2C. The molecule has 0 unspecified atom stereocenters. The van der Waals surface area contributed by atoms with Gasteiger partial charge in [-0.3, -0.25) is 0 Å². The molecule has 0 aromatic heterocycles. The van der Waals surface area contributed by atoms with E-state index in [4.69, 9.17) is 14.2 Å². The van der Waals surface area contributed by atoms with Crippen LogP contribution in [0.4, 0.5) is 4.79 Å². The van der Waals surface area contributed by atoms with Gasteiger partial charge in [-0.15, -0.1) is 0 Å². The van der Waals surface area contributed by atoms with Gasteiger partial charge in [0.1, 0.15) is 5.75 Å². The van der Waals surface area contributed by atoms with Crippen molar-refractivity contribution in [3.05, 3.63) is 29.3 Å². The third-order valence-corrected chi connectivity index (χ3v) is 11.5. The molecule has 3 aliphatic carbocycles. The fourth-order valence-corrected chi connectivity index (χ4v) is 9.70. The Kier molecular flexibility index (Phi) is 5.53. The lowest BCUT2D eigenvalue weighted by Crippen LogP contribution is -2.48. The number of fused-ring (bicyclic) bond motifs is 7. The first kappa shape index (κ1) is 23.5. The van der Waals surface area contributed by atoms with E-state index in [0.717, 1.165) is 63.0 Å². The number of likely N-dealkylation sites (tertiary alicyclic amines) is 1. The molecule has 0 bridgehead atoms. The van der Waals surface area contributed by atoms with Gasteiger partial charge in [0, 0.05) is 25.4 Å². The largest absolute Gasteiger partial charge is 0.415 e. The molecule has 3 heterocycles. The Morgan fingerprint density at radius 1 is 1.11 bits per heavy atom. The summed E-state index contributed by atoms with van der Waals surface area (Å²) in [6.07, 6.45) is 10.7. The summed E-state index contributed by atoms with van der Waals surface area (Å²) in [6.45, 7) is 9.82. The summed E-state index contributed by atoms with van der Waals surface area (Å²) in [6, 6.07) is 6.48. The Balaban J connectivity index is 1.09. The van der Waals surface area contributed by atoms with Gasteiger partial charge in [0.2, 0.25) is 0 Å². The molecule has 1 aromatic carbocycles. The van der Waals surface area contributed by atoms with Crippen molar-refractivity contribution in [2.24, 2.45) is 35.0 Å². The second kappa shape index (κ2) is 8.46. The van der Waals surface area contributed by atoms with Crippen molar-refractivity contribution in [1.29, 1.82) is 0 Å². The number of aryl methyl sites for hydroxylation is 1. The maximum Gasteiger partial charge on any atom is 0.415 e. The Labute approximate surface area is 216 Å². The van der Waals surface area contributed by atoms with Gasteiger partial charge >= 0.3 is 6.09 Å². The second-order valence-electron chi connectivity index (χ2n) is 13.4. The van der Waals surface area contributed by atoms with Crippen LogP contribution in [0.2, 0.25) is 0 Å². The molecule has 1 amide bonds. The van der Waals surface area contributed by atoms with E-state index < -0.39 is 0 Å². The molecule has 7 rings (SSSR count). The first-order valence-electron chi connectivity index (χ1n) is 14.8. The number of ether oxygens (including phenoxy) is 3. The summed E-state index contributed by atoms with van der Waals surface area (Å²) in [7, 11) is 0. The molecule has 5 fully saturated rings. The Hall–Kier alpha value is -1.59. The molecule has 36 heavy (non-hydrogen) atoms. The van der Waals surface area contributed by atoms with Crippen molar-refractivity contribution < 1.29 is 19.0 Å². The van der Waals surface area contributed by atoms with Gasteiger partial charge in [-0.05, 0) is 110 Å². The van der Waals surface area contributed by atoms with Crippen LogP contribution in [0.25, 0.3) is 0 Å². The molecular formula is C31H43NO4. The quantitative estimate of drug-likeness (QED) is 0.446. The Bertz CT molecular complexity index is 1030. The van der Waals surface area contributed by atoms with E-state index in [9.17, 15) is 4.79 Å². The average Bonchev–Trinajstić information content (AvgIpc) is 3.57. The summed E-state index contributed by atoms with van der Waals surface area (Å²) in [5.74, 6) is 4.23. The number of amides is 1. The molecule has 0 radical (unpaired) electrons. The van der Waals surface area contributed by atoms with Crippen LogP contribution in [-0.4, -0.2) is 42.6 Å². The minimum Gasteiger partial charge on any atom is -0.410 e. The molecule has 3 aliphatic heterocycles. The highest BCUT2D eigenvalue weighted by molar-refractivity contribution is 5.71. The maximum absolute atomic E-state index is 12.5. The molecule has 196 valence electrons. The molecule has 5 nitrogen and oxygen atoms in total. The Morgan fingerprint density at radius 3 is 2.72 bits per heavy atom. The first-order valence-corrected chi connectivity index (χ1v) is 14.8. The summed E-state index contributed by atoms with van der Waals surface area (Å²) >= 11 is 0. The summed E-state index contributed by atoms with van der Waals surface area (Å²) < 4.78 is 19.1. The minimum absolute atomic E-state index is 0.185. The van der Waals surface area contributed by atoms with E-state index in [1.807, 2.05) is 11.0 Å². The molecule has 1 spiro atoms. The lowest BCUT2D eigenvalue weighted by molar-refractivity contribution is -0.272. The normalized spacial score (nSPS) is 45.2. The van der Waals surface area contributed by atoms with E-state index >= 15 is 0 Å². The van der Waals surface area contributed by atoms with Crippen LogP contribution in [0.15, 0.2) is 18.2 Å². The first-order chi connectivity index (χ1) is 17.4. The van der Waals surface area contributed by atoms with Crippen molar-refractivity contribution in [3.8, 4) is 5.75 Å². The molecule has 9 atom stereocenters. The van der Waals surface area contributed by atoms with Crippen molar-refractivity contribution in [1.82, 2.24) is 4.90 Å². The number of carbonyl (C=O) groups excluding carboxylic acids is 1. The zero-order chi connectivity index (χ0) is 24.7. The highest BCUT2D eigenvalue weighted by atomic mass is 16.7. The van der Waals surface area contributed by atoms with Gasteiger partial charge in [-0.1, -0.05) is 26.8 Å². The van der Waals surface area contributed by atoms with E-state index in [2.05, 4.69) is 32.9 Å². The standard InChI is InChI=1S/C31H43NO4/c1-19-10-13-31(34-18-19)20(2)28-27(36-31)17-26-25-8-6-21-16-22(35-29(33)32-14-4-5-15-32)7-9-23(21)24(25)11-12-30(26,28)3/h7,9,16,19-20,24-28H,4-6,8,10-15,17-18H2,1-3H3/t19-,20+,24-,25-,26+,27+,28+,30+,31-/m1/s1. The van der Waals surface area contributed by atoms with Crippen LogP contribution in [0, 0.1) is 35.0 Å². The predicted octanol–water partition coefficient (Wildman–Crippen LogP) is 6.54. The van der Waals surface area contributed by atoms with Crippen LogP contribution < -0.4 is 4.74 Å². The highest BCUT2D eigenvalue weighted by Gasteiger charge is 2.67. The zero-order valence-electron chi connectivity index (χ0n) is 22.3. The molecular weight excluding hydrogens is 450 g/mol. The summed E-state index contributed by atoms with van der Waals surface area (Å²) in [4.78, 5) is 14.3. The third-order valence-electron chi connectivity index (χ3n) is 11.5. The van der Waals surface area contributed by atoms with Crippen LogP contribution in [0.1, 0.15) is 89.2 Å². The smallest absolute Gasteiger partial charge is 0.410 e. The lowest BCUT2D eigenvalue weighted by Gasteiger charge is -2.52.